The SMILES string of the molecule is CCOc1ccc(C(C)=O)cc1N=[N+]=[N-]. The Labute approximate surface area is 87.3 Å². The molecule has 0 atom stereocenters. The van der Waals surface area contributed by atoms with E-state index in [-0.39, 0.29) is 5.78 Å². The lowest BCUT2D eigenvalue weighted by Crippen LogP contribution is -1.95. The molecule has 0 spiro atoms. The summed E-state index contributed by atoms with van der Waals surface area (Å²) in [7, 11) is 0. The number of nitrogens with zero attached hydrogens (tertiary/aromatic N) is 3. The Morgan fingerprint density at radius 3 is 2.87 bits per heavy atom. The molecule has 0 amide bonds. The first kappa shape index (κ1) is 11.1. The van der Waals surface area contributed by atoms with Gasteiger partial charge in [0.15, 0.2) is 5.78 Å². The Morgan fingerprint density at radius 2 is 2.33 bits per heavy atom. The number of ketones is 1. The van der Waals surface area contributed by atoms with Crippen LogP contribution >= 0.6 is 0 Å². The van der Waals surface area contributed by atoms with E-state index in [0.717, 1.165) is 0 Å². The fraction of sp³-hybridized carbons (Fsp3) is 0.300. The van der Waals surface area contributed by atoms with Crippen molar-refractivity contribution < 1.29 is 9.53 Å². The van der Waals surface area contributed by atoms with Gasteiger partial charge in [0.25, 0.3) is 0 Å². The second-order valence-corrected chi connectivity index (χ2v) is 2.86. The first-order valence-corrected chi connectivity index (χ1v) is 4.52. The molecule has 15 heavy (non-hydrogen) atoms. The quantitative estimate of drug-likeness (QED) is 0.327. The normalized spacial score (nSPS) is 9.20. The van der Waals surface area contributed by atoms with Crippen LogP contribution in [-0.2, 0) is 0 Å². The molecule has 0 saturated carbocycles. The lowest BCUT2D eigenvalue weighted by molar-refractivity contribution is 0.101. The molecule has 1 aromatic rings. The molecule has 0 aliphatic heterocycles. The third-order valence-electron chi connectivity index (χ3n) is 1.82. The van der Waals surface area contributed by atoms with Gasteiger partial charge in [0.05, 0.1) is 12.3 Å². The third kappa shape index (κ3) is 2.72. The van der Waals surface area contributed by atoms with Crippen molar-refractivity contribution in [3.8, 4) is 5.75 Å². The number of azide groups is 1. The molecule has 78 valence electrons. The van der Waals surface area contributed by atoms with Crippen LogP contribution in [0.15, 0.2) is 23.3 Å². The average Bonchev–Trinajstić information content (AvgIpc) is 2.21. The van der Waals surface area contributed by atoms with E-state index in [4.69, 9.17) is 10.3 Å². The van der Waals surface area contributed by atoms with Crippen LogP contribution in [0.2, 0.25) is 0 Å². The molecule has 1 rings (SSSR count). The summed E-state index contributed by atoms with van der Waals surface area (Å²) in [5.74, 6) is 0.410. The molecule has 0 heterocycles. The van der Waals surface area contributed by atoms with E-state index < -0.39 is 0 Å². The zero-order chi connectivity index (χ0) is 11.3. The molecule has 0 saturated heterocycles. The topological polar surface area (TPSA) is 75.1 Å². The number of hydrogen-bond donors (Lipinski definition) is 0. The number of benzene rings is 1. The number of ether oxygens (including phenoxy) is 1. The van der Waals surface area contributed by atoms with Gasteiger partial charge in [-0.05, 0) is 37.6 Å². The molecular weight excluding hydrogens is 194 g/mol. The number of carbonyl (C=O) groups excluding carboxylic acids is 1. The highest BCUT2D eigenvalue weighted by atomic mass is 16.5. The zero-order valence-electron chi connectivity index (χ0n) is 8.60. The fourth-order valence-electron chi connectivity index (χ4n) is 1.14. The highest BCUT2D eigenvalue weighted by Gasteiger charge is 2.05. The Kier molecular flexibility index (Phi) is 3.71. The van der Waals surface area contributed by atoms with Crippen LogP contribution in [0.4, 0.5) is 5.69 Å². The van der Waals surface area contributed by atoms with Crippen molar-refractivity contribution in [1.82, 2.24) is 0 Å². The monoisotopic (exact) mass is 205 g/mol. The summed E-state index contributed by atoms with van der Waals surface area (Å²) in [6.07, 6.45) is 0. The minimum Gasteiger partial charge on any atom is -0.493 e. The molecule has 0 bridgehead atoms. The summed E-state index contributed by atoms with van der Waals surface area (Å²) in [6.45, 7) is 3.77. The van der Waals surface area contributed by atoms with Crippen LogP contribution in [0, 0.1) is 0 Å². The second kappa shape index (κ2) is 5.02. The zero-order valence-corrected chi connectivity index (χ0v) is 8.60. The van der Waals surface area contributed by atoms with Crippen molar-refractivity contribution >= 4 is 11.5 Å². The van der Waals surface area contributed by atoms with Gasteiger partial charge in [0, 0.05) is 10.5 Å². The fourth-order valence-corrected chi connectivity index (χ4v) is 1.14. The van der Waals surface area contributed by atoms with Gasteiger partial charge in [-0.1, -0.05) is 5.11 Å². The number of rotatable bonds is 4. The maximum Gasteiger partial charge on any atom is 0.159 e. The van der Waals surface area contributed by atoms with E-state index in [1.807, 2.05) is 6.92 Å². The van der Waals surface area contributed by atoms with Crippen molar-refractivity contribution in [2.24, 2.45) is 5.11 Å². The maximum absolute atomic E-state index is 11.1. The molecular formula is C10H11N3O2. The van der Waals surface area contributed by atoms with Crippen LogP contribution < -0.4 is 4.74 Å². The first-order chi connectivity index (χ1) is 7.19. The predicted octanol–water partition coefficient (Wildman–Crippen LogP) is 3.23. The van der Waals surface area contributed by atoms with Gasteiger partial charge in [-0.15, -0.1) is 0 Å². The Morgan fingerprint density at radius 1 is 1.60 bits per heavy atom. The maximum atomic E-state index is 11.1. The summed E-state index contributed by atoms with van der Waals surface area (Å²) in [6, 6.07) is 4.79. The van der Waals surface area contributed by atoms with Crippen molar-refractivity contribution in [3.05, 3.63) is 34.2 Å². The minimum absolute atomic E-state index is 0.0764. The molecule has 0 aromatic heterocycles. The van der Waals surface area contributed by atoms with Gasteiger partial charge < -0.3 is 4.74 Å². The summed E-state index contributed by atoms with van der Waals surface area (Å²) >= 11 is 0. The average molecular weight is 205 g/mol. The molecule has 5 nitrogen and oxygen atoms in total. The number of carbonyl (C=O) groups is 1. The molecule has 0 radical (unpaired) electrons. The van der Waals surface area contributed by atoms with Gasteiger partial charge in [0.1, 0.15) is 5.75 Å². The lowest BCUT2D eigenvalue weighted by Gasteiger charge is -2.06. The number of hydrogen-bond acceptors (Lipinski definition) is 3. The Hall–Kier alpha value is -2.00. The molecule has 0 unspecified atom stereocenters. The Bertz CT molecular complexity index is 423. The van der Waals surface area contributed by atoms with Gasteiger partial charge in [0.2, 0.25) is 0 Å². The Balaban J connectivity index is 3.19. The molecule has 0 aliphatic carbocycles. The summed E-state index contributed by atoms with van der Waals surface area (Å²) in [5.41, 5.74) is 9.20. The lowest BCUT2D eigenvalue weighted by atomic mass is 10.1. The highest BCUT2D eigenvalue weighted by Crippen LogP contribution is 2.29. The van der Waals surface area contributed by atoms with E-state index in [9.17, 15) is 4.79 Å². The van der Waals surface area contributed by atoms with Gasteiger partial charge >= 0.3 is 0 Å². The van der Waals surface area contributed by atoms with E-state index in [1.54, 1.807) is 12.1 Å². The molecule has 0 N–H and O–H groups in total. The van der Waals surface area contributed by atoms with Crippen LogP contribution in [0.25, 0.3) is 10.4 Å². The smallest absolute Gasteiger partial charge is 0.159 e. The number of Topliss-reactive ketones (excluding diaryl/α,β-unsaturated/α-hetero) is 1. The standard InChI is InChI=1S/C10H11N3O2/c1-3-15-10-5-4-8(7(2)14)6-9(10)12-13-11/h4-6H,3H2,1-2H3. The summed E-state index contributed by atoms with van der Waals surface area (Å²) in [5, 5.41) is 3.47. The van der Waals surface area contributed by atoms with E-state index in [2.05, 4.69) is 10.0 Å². The molecule has 1 aromatic carbocycles. The van der Waals surface area contributed by atoms with Crippen LogP contribution in [0.1, 0.15) is 24.2 Å². The first-order valence-electron chi connectivity index (χ1n) is 4.52. The van der Waals surface area contributed by atoms with Gasteiger partial charge in [-0.3, -0.25) is 4.79 Å². The predicted molar refractivity (Wildman–Crippen MR) is 56.4 cm³/mol. The van der Waals surface area contributed by atoms with Crippen molar-refractivity contribution in [3.63, 3.8) is 0 Å². The van der Waals surface area contributed by atoms with Gasteiger partial charge in [-0.25, -0.2) is 0 Å². The van der Waals surface area contributed by atoms with E-state index in [0.29, 0.717) is 23.6 Å². The van der Waals surface area contributed by atoms with Crippen molar-refractivity contribution in [1.29, 1.82) is 0 Å². The van der Waals surface area contributed by atoms with Crippen LogP contribution in [0.3, 0.4) is 0 Å². The molecule has 0 aliphatic rings. The largest absolute Gasteiger partial charge is 0.493 e. The van der Waals surface area contributed by atoms with E-state index >= 15 is 0 Å². The third-order valence-corrected chi connectivity index (χ3v) is 1.82. The summed E-state index contributed by atoms with van der Waals surface area (Å²) in [4.78, 5) is 13.8. The summed E-state index contributed by atoms with van der Waals surface area (Å²) < 4.78 is 5.25. The van der Waals surface area contributed by atoms with E-state index in [1.165, 1.54) is 13.0 Å². The van der Waals surface area contributed by atoms with Crippen LogP contribution in [-0.4, -0.2) is 12.4 Å². The van der Waals surface area contributed by atoms with Crippen molar-refractivity contribution in [2.45, 2.75) is 13.8 Å². The highest BCUT2D eigenvalue weighted by molar-refractivity contribution is 5.95. The van der Waals surface area contributed by atoms with Crippen molar-refractivity contribution in [2.75, 3.05) is 6.61 Å². The molecule has 5 heteroatoms. The van der Waals surface area contributed by atoms with Crippen LogP contribution in [0.5, 0.6) is 5.75 Å². The minimum atomic E-state index is -0.0764. The second-order valence-electron chi connectivity index (χ2n) is 2.86. The van der Waals surface area contributed by atoms with Gasteiger partial charge in [-0.2, -0.15) is 0 Å². The molecule has 0 fully saturated rings.